The van der Waals surface area contributed by atoms with E-state index in [0.29, 0.717) is 10.7 Å². The van der Waals surface area contributed by atoms with E-state index in [1.807, 2.05) is 37.3 Å². The summed E-state index contributed by atoms with van der Waals surface area (Å²) >= 11 is 6.15. The van der Waals surface area contributed by atoms with E-state index >= 15 is 0 Å². The summed E-state index contributed by atoms with van der Waals surface area (Å²) in [5, 5.41) is 9.89. The van der Waals surface area contributed by atoms with E-state index in [2.05, 4.69) is 6.07 Å². The quantitative estimate of drug-likeness (QED) is 0.829. The molecular weight excluding hydrogens is 244 g/mol. The summed E-state index contributed by atoms with van der Waals surface area (Å²) < 4.78 is 0. The van der Waals surface area contributed by atoms with E-state index in [1.54, 1.807) is 12.1 Å². The van der Waals surface area contributed by atoms with Gasteiger partial charge in [-0.15, -0.1) is 0 Å². The largest absolute Gasteiger partial charge is 0.399 e. The summed E-state index contributed by atoms with van der Waals surface area (Å²) in [6, 6.07) is 15.4. The molecule has 0 amide bonds. The third-order valence-corrected chi connectivity index (χ3v) is 3.20. The van der Waals surface area contributed by atoms with Crippen molar-refractivity contribution in [3.63, 3.8) is 0 Å². The second kappa shape index (κ2) is 5.12. The lowest BCUT2D eigenvalue weighted by molar-refractivity contribution is 1.04. The predicted octanol–water partition coefficient (Wildman–Crippen LogP) is 3.89. The first-order valence-electron chi connectivity index (χ1n) is 5.63. The molecule has 0 heterocycles. The van der Waals surface area contributed by atoms with Crippen molar-refractivity contribution < 1.29 is 0 Å². The highest BCUT2D eigenvalue weighted by Crippen LogP contribution is 2.31. The van der Waals surface area contributed by atoms with Crippen LogP contribution in [0.15, 0.2) is 42.5 Å². The molecule has 1 atom stereocenters. The van der Waals surface area contributed by atoms with Gasteiger partial charge < -0.3 is 5.73 Å². The van der Waals surface area contributed by atoms with Gasteiger partial charge in [0.05, 0.1) is 12.0 Å². The Kier molecular flexibility index (Phi) is 3.55. The summed E-state index contributed by atoms with van der Waals surface area (Å²) in [7, 11) is 0. The molecular formula is C15H13ClN2. The van der Waals surface area contributed by atoms with Crippen LogP contribution in [0.5, 0.6) is 0 Å². The van der Waals surface area contributed by atoms with Gasteiger partial charge in [-0.05, 0) is 30.2 Å². The Labute approximate surface area is 112 Å². The third-order valence-electron chi connectivity index (χ3n) is 2.88. The highest BCUT2D eigenvalue weighted by atomic mass is 35.5. The van der Waals surface area contributed by atoms with E-state index in [0.717, 1.165) is 11.1 Å². The van der Waals surface area contributed by atoms with Crippen LogP contribution < -0.4 is 5.73 Å². The number of nitrogens with zero attached hydrogens (tertiary/aromatic N) is 1. The lowest BCUT2D eigenvalue weighted by atomic mass is 9.92. The molecule has 2 N–H and O–H groups in total. The third kappa shape index (κ3) is 2.47. The first kappa shape index (κ1) is 12.5. The Morgan fingerprint density at radius 3 is 2.39 bits per heavy atom. The van der Waals surface area contributed by atoms with Crippen LogP contribution in [0.3, 0.4) is 0 Å². The smallest absolute Gasteiger partial charge is 0.0977 e. The second-order valence-electron chi connectivity index (χ2n) is 4.25. The first-order valence-corrected chi connectivity index (χ1v) is 6.00. The second-order valence-corrected chi connectivity index (χ2v) is 4.66. The highest BCUT2D eigenvalue weighted by molar-refractivity contribution is 6.31. The summed E-state index contributed by atoms with van der Waals surface area (Å²) in [6.45, 7) is 2.02. The van der Waals surface area contributed by atoms with E-state index in [4.69, 9.17) is 17.3 Å². The van der Waals surface area contributed by atoms with Crippen LogP contribution in [0.4, 0.5) is 5.69 Å². The van der Waals surface area contributed by atoms with Crippen molar-refractivity contribution >= 4 is 17.3 Å². The number of anilines is 1. The molecule has 90 valence electrons. The fourth-order valence-electron chi connectivity index (χ4n) is 1.86. The van der Waals surface area contributed by atoms with Gasteiger partial charge in [0, 0.05) is 10.7 Å². The summed E-state index contributed by atoms with van der Waals surface area (Å²) in [6.07, 6.45) is 0. The zero-order chi connectivity index (χ0) is 13.1. The van der Waals surface area contributed by atoms with Gasteiger partial charge in [-0.1, -0.05) is 47.5 Å². The van der Waals surface area contributed by atoms with Gasteiger partial charge in [-0.3, -0.25) is 0 Å². The van der Waals surface area contributed by atoms with Gasteiger partial charge in [-0.2, -0.15) is 5.26 Å². The number of aryl methyl sites for hydroxylation is 1. The summed E-state index contributed by atoms with van der Waals surface area (Å²) in [5.74, 6) is -0.362. The molecule has 0 aliphatic rings. The molecule has 2 aromatic rings. The Balaban J connectivity index is 2.46. The maximum absolute atomic E-state index is 9.36. The van der Waals surface area contributed by atoms with Crippen molar-refractivity contribution in [2.45, 2.75) is 12.8 Å². The fourth-order valence-corrected chi connectivity index (χ4v) is 2.16. The minimum atomic E-state index is -0.362. The lowest BCUT2D eigenvalue weighted by Crippen LogP contribution is -2.00. The summed E-state index contributed by atoms with van der Waals surface area (Å²) in [5.41, 5.74) is 9.16. The van der Waals surface area contributed by atoms with Crippen molar-refractivity contribution in [3.8, 4) is 6.07 Å². The number of benzene rings is 2. The first-order chi connectivity index (χ1) is 8.61. The van der Waals surface area contributed by atoms with Gasteiger partial charge in [0.2, 0.25) is 0 Å². The fraction of sp³-hybridized carbons (Fsp3) is 0.133. The van der Waals surface area contributed by atoms with Crippen LogP contribution in [0.1, 0.15) is 22.6 Å². The molecule has 0 saturated heterocycles. The van der Waals surface area contributed by atoms with E-state index in [9.17, 15) is 5.26 Å². The Morgan fingerprint density at radius 2 is 1.83 bits per heavy atom. The lowest BCUT2D eigenvalue weighted by Gasteiger charge is -2.12. The average molecular weight is 257 g/mol. The molecule has 0 saturated carbocycles. The van der Waals surface area contributed by atoms with Crippen molar-refractivity contribution in [2.24, 2.45) is 0 Å². The Morgan fingerprint density at radius 1 is 1.17 bits per heavy atom. The Hall–Kier alpha value is -1.98. The predicted molar refractivity (Wildman–Crippen MR) is 74.5 cm³/mol. The highest BCUT2D eigenvalue weighted by Gasteiger charge is 2.16. The van der Waals surface area contributed by atoms with Crippen LogP contribution in [-0.2, 0) is 0 Å². The number of halogens is 1. The van der Waals surface area contributed by atoms with Gasteiger partial charge >= 0.3 is 0 Å². The number of nitrogens with two attached hydrogens (primary N) is 1. The van der Waals surface area contributed by atoms with E-state index in [-0.39, 0.29) is 5.92 Å². The van der Waals surface area contributed by atoms with E-state index < -0.39 is 0 Å². The number of rotatable bonds is 2. The monoisotopic (exact) mass is 256 g/mol. The van der Waals surface area contributed by atoms with Crippen molar-refractivity contribution in [1.82, 2.24) is 0 Å². The summed E-state index contributed by atoms with van der Waals surface area (Å²) in [4.78, 5) is 0. The van der Waals surface area contributed by atoms with Gasteiger partial charge in [0.1, 0.15) is 0 Å². The molecule has 0 radical (unpaired) electrons. The van der Waals surface area contributed by atoms with Crippen LogP contribution in [0.25, 0.3) is 0 Å². The zero-order valence-electron chi connectivity index (χ0n) is 10.0. The number of nitriles is 1. The number of hydrogen-bond acceptors (Lipinski definition) is 2. The van der Waals surface area contributed by atoms with Crippen LogP contribution in [0.2, 0.25) is 5.02 Å². The molecule has 2 rings (SSSR count). The SMILES string of the molecule is Cc1ccc(C(C#N)c2ccc(N)cc2Cl)cc1. The minimum Gasteiger partial charge on any atom is -0.399 e. The molecule has 0 aromatic heterocycles. The van der Waals surface area contributed by atoms with E-state index in [1.165, 1.54) is 5.56 Å². The average Bonchev–Trinajstić information content (AvgIpc) is 2.35. The van der Waals surface area contributed by atoms with Gasteiger partial charge in [-0.25, -0.2) is 0 Å². The number of hydrogen-bond donors (Lipinski definition) is 1. The molecule has 0 aliphatic heterocycles. The van der Waals surface area contributed by atoms with Crippen LogP contribution in [0, 0.1) is 18.3 Å². The molecule has 0 spiro atoms. The molecule has 1 unspecified atom stereocenters. The standard InChI is InChI=1S/C15H13ClN2/c1-10-2-4-11(5-3-10)14(9-17)13-7-6-12(18)8-15(13)16/h2-8,14H,18H2,1H3. The molecule has 0 fully saturated rings. The molecule has 0 aliphatic carbocycles. The molecule has 0 bridgehead atoms. The maximum Gasteiger partial charge on any atom is 0.0977 e. The zero-order valence-corrected chi connectivity index (χ0v) is 10.8. The normalized spacial score (nSPS) is 11.8. The topological polar surface area (TPSA) is 49.8 Å². The van der Waals surface area contributed by atoms with Crippen molar-refractivity contribution in [1.29, 1.82) is 5.26 Å². The van der Waals surface area contributed by atoms with Crippen molar-refractivity contribution in [3.05, 3.63) is 64.2 Å². The minimum absolute atomic E-state index is 0.362. The van der Waals surface area contributed by atoms with Crippen LogP contribution in [-0.4, -0.2) is 0 Å². The maximum atomic E-state index is 9.36. The Bertz CT molecular complexity index is 597. The van der Waals surface area contributed by atoms with Crippen LogP contribution >= 0.6 is 11.6 Å². The van der Waals surface area contributed by atoms with Crippen molar-refractivity contribution in [2.75, 3.05) is 5.73 Å². The van der Waals surface area contributed by atoms with Gasteiger partial charge in [0.15, 0.2) is 0 Å². The number of nitrogen functional groups attached to an aromatic ring is 1. The van der Waals surface area contributed by atoms with Gasteiger partial charge in [0.25, 0.3) is 0 Å². The molecule has 3 heteroatoms. The molecule has 2 nitrogen and oxygen atoms in total. The molecule has 18 heavy (non-hydrogen) atoms. The molecule has 2 aromatic carbocycles.